The molecule has 10 heteroatoms. The summed E-state index contributed by atoms with van der Waals surface area (Å²) in [5.74, 6) is 1.50. The van der Waals surface area contributed by atoms with Crippen molar-refractivity contribution >= 4 is 49.4 Å². The molecule has 1 heterocycles. The van der Waals surface area contributed by atoms with Crippen molar-refractivity contribution in [1.29, 1.82) is 0 Å². The van der Waals surface area contributed by atoms with E-state index in [1.807, 2.05) is 6.07 Å². The smallest absolute Gasteiger partial charge is 0.348 e. The highest BCUT2D eigenvalue weighted by Crippen LogP contribution is 2.68. The van der Waals surface area contributed by atoms with Gasteiger partial charge in [0.25, 0.3) is 0 Å². The lowest BCUT2D eigenvalue weighted by molar-refractivity contribution is -0.164. The van der Waals surface area contributed by atoms with Gasteiger partial charge in [-0.25, -0.2) is 4.18 Å². The fourth-order valence-corrected chi connectivity index (χ4v) is 11.9. The molecule has 1 amide bonds. The van der Waals surface area contributed by atoms with Crippen molar-refractivity contribution in [1.82, 2.24) is 5.32 Å². The molecular weight excluding hydrogens is 614 g/mol. The summed E-state index contributed by atoms with van der Waals surface area (Å²) in [4.78, 5) is 26.8. The third-order valence-corrected chi connectivity index (χ3v) is 13.9. The van der Waals surface area contributed by atoms with E-state index in [0.717, 1.165) is 47.2 Å². The summed E-state index contributed by atoms with van der Waals surface area (Å²) in [5, 5.41) is 3.26. The van der Waals surface area contributed by atoms with Crippen molar-refractivity contribution < 1.29 is 26.7 Å². The first-order chi connectivity index (χ1) is 18.7. The van der Waals surface area contributed by atoms with Gasteiger partial charge in [0.05, 0.1) is 15.9 Å². The first-order valence-electron chi connectivity index (χ1n) is 15.0. The number of thiophene rings is 1. The van der Waals surface area contributed by atoms with Gasteiger partial charge >= 0.3 is 10.4 Å². The standard InChI is InChI=1S/C30H44BrNO6S2/c1-5-23(25-8-9-26(31)39-25)32-27(34)14-17(2)20-6-7-21-28-22(11-13-30(20,21)4)29(3)12-10-19(33)15-18(29)16-24(28)38-40(35,36)37/h8-9,17-18,20-24,28H,5-7,10-16H2,1-4H3,(H,32,34)(H,35,36,37)/t17-,18+,20-,21+,22+,23-,24-,28+,29+,30-/m1/s1. The van der Waals surface area contributed by atoms with Gasteiger partial charge in [-0.3, -0.25) is 14.1 Å². The van der Waals surface area contributed by atoms with Crippen LogP contribution in [-0.2, 0) is 24.2 Å². The number of hydrogen-bond acceptors (Lipinski definition) is 6. The molecule has 4 saturated carbocycles. The SMILES string of the molecule is CC[C@@H](NC(=O)C[C@@H](C)[C@H]1CC[C@H]2[C@@H]3[C@H](OS(=O)(=O)O)C[C@@H]4CC(=O)CC[C@]4(C)[C@H]3CC[C@]12C)c1ccc(Br)s1. The van der Waals surface area contributed by atoms with Crippen LogP contribution in [0.4, 0.5) is 0 Å². The van der Waals surface area contributed by atoms with Crippen LogP contribution in [-0.4, -0.2) is 30.8 Å². The van der Waals surface area contributed by atoms with Crippen LogP contribution in [0.5, 0.6) is 0 Å². The Hall–Kier alpha value is -0.810. The predicted octanol–water partition coefficient (Wildman–Crippen LogP) is 7.13. The quantitative estimate of drug-likeness (QED) is 0.288. The second-order valence-electron chi connectivity index (χ2n) is 13.6. The van der Waals surface area contributed by atoms with E-state index in [1.54, 1.807) is 11.3 Å². The molecular formula is C30H44BrNO6S2. The van der Waals surface area contributed by atoms with Crippen LogP contribution in [0.3, 0.4) is 0 Å². The van der Waals surface area contributed by atoms with E-state index in [2.05, 4.69) is 55.0 Å². The fourth-order valence-electron chi connectivity index (χ4n) is 9.80. The van der Waals surface area contributed by atoms with Gasteiger partial charge in [-0.1, -0.05) is 27.7 Å². The van der Waals surface area contributed by atoms with Crippen LogP contribution >= 0.6 is 27.3 Å². The number of carbonyl (C=O) groups is 2. The van der Waals surface area contributed by atoms with Crippen molar-refractivity contribution in [2.45, 2.75) is 104 Å². The molecule has 224 valence electrons. The summed E-state index contributed by atoms with van der Waals surface area (Å²) < 4.78 is 40.2. The van der Waals surface area contributed by atoms with Gasteiger partial charge in [-0.15, -0.1) is 11.3 Å². The second kappa shape index (κ2) is 11.4. The maximum atomic E-state index is 13.2. The summed E-state index contributed by atoms with van der Waals surface area (Å²) in [7, 11) is -4.62. The highest BCUT2D eigenvalue weighted by Gasteiger charge is 2.64. The number of rotatable bonds is 8. The largest absolute Gasteiger partial charge is 0.397 e. The molecule has 4 aliphatic carbocycles. The van der Waals surface area contributed by atoms with Gasteiger partial charge in [-0.2, -0.15) is 8.42 Å². The Morgan fingerprint density at radius 3 is 2.58 bits per heavy atom. The number of fused-ring (bicyclic) bond motifs is 5. The Morgan fingerprint density at radius 2 is 1.93 bits per heavy atom. The van der Waals surface area contributed by atoms with E-state index >= 15 is 0 Å². The average Bonchev–Trinajstić information content (AvgIpc) is 3.45. The molecule has 4 aliphatic rings. The normalized spacial score (nSPS) is 39.1. The van der Waals surface area contributed by atoms with Crippen LogP contribution in [0.15, 0.2) is 15.9 Å². The van der Waals surface area contributed by atoms with Crippen LogP contribution in [0.25, 0.3) is 0 Å². The molecule has 0 bridgehead atoms. The number of carbonyl (C=O) groups excluding carboxylic acids is 2. The molecule has 0 radical (unpaired) electrons. The number of halogens is 1. The summed E-state index contributed by atoms with van der Waals surface area (Å²) in [6.45, 7) is 8.94. The molecule has 0 spiro atoms. The molecule has 0 saturated heterocycles. The Bertz CT molecular complexity index is 1230. The van der Waals surface area contributed by atoms with E-state index in [0.29, 0.717) is 31.6 Å². The van der Waals surface area contributed by atoms with E-state index < -0.39 is 16.5 Å². The maximum Gasteiger partial charge on any atom is 0.397 e. The Labute approximate surface area is 251 Å². The molecule has 1 aromatic rings. The lowest BCUT2D eigenvalue weighted by atomic mass is 9.44. The molecule has 10 atom stereocenters. The van der Waals surface area contributed by atoms with E-state index in [9.17, 15) is 22.6 Å². The molecule has 0 unspecified atom stereocenters. The van der Waals surface area contributed by atoms with E-state index in [-0.39, 0.29) is 58.2 Å². The van der Waals surface area contributed by atoms with Gasteiger partial charge in [0.1, 0.15) is 5.78 Å². The van der Waals surface area contributed by atoms with Crippen molar-refractivity contribution in [3.8, 4) is 0 Å². The number of hydrogen-bond donors (Lipinski definition) is 2. The summed E-state index contributed by atoms with van der Waals surface area (Å²) in [5.41, 5.74) is -0.0489. The number of ketones is 1. The first-order valence-corrected chi connectivity index (χ1v) is 17.9. The van der Waals surface area contributed by atoms with Gasteiger partial charge in [0, 0.05) is 24.1 Å². The van der Waals surface area contributed by atoms with Crippen molar-refractivity contribution in [2.75, 3.05) is 0 Å². The molecule has 4 fully saturated rings. The van der Waals surface area contributed by atoms with Crippen LogP contribution in [0.2, 0.25) is 0 Å². The summed E-state index contributed by atoms with van der Waals surface area (Å²) >= 11 is 5.18. The molecule has 0 aliphatic heterocycles. The number of amides is 1. The minimum Gasteiger partial charge on any atom is -0.348 e. The second-order valence-corrected chi connectivity index (χ2v) is 17.2. The average molecular weight is 659 g/mol. The highest BCUT2D eigenvalue weighted by molar-refractivity contribution is 9.11. The monoisotopic (exact) mass is 657 g/mol. The van der Waals surface area contributed by atoms with Gasteiger partial charge < -0.3 is 5.32 Å². The summed E-state index contributed by atoms with van der Waals surface area (Å²) in [6, 6.07) is 4.09. The maximum absolute atomic E-state index is 13.2. The number of nitrogens with one attached hydrogen (secondary N) is 1. The number of Topliss-reactive ketones (excluding diaryl/α,β-unsaturated/α-hetero) is 1. The van der Waals surface area contributed by atoms with Crippen LogP contribution in [0, 0.1) is 46.3 Å². The zero-order chi connectivity index (χ0) is 29.0. The zero-order valence-corrected chi connectivity index (χ0v) is 27.2. The van der Waals surface area contributed by atoms with Crippen molar-refractivity contribution in [2.24, 2.45) is 46.3 Å². The minimum atomic E-state index is -4.62. The Kier molecular flexibility index (Phi) is 8.70. The first kappa shape index (κ1) is 30.6. The lowest BCUT2D eigenvalue weighted by Gasteiger charge is -2.62. The summed E-state index contributed by atoms with van der Waals surface area (Å²) in [6.07, 6.45) is 7.08. The molecule has 40 heavy (non-hydrogen) atoms. The van der Waals surface area contributed by atoms with Gasteiger partial charge in [0.15, 0.2) is 0 Å². The molecule has 2 N–H and O–H groups in total. The van der Waals surface area contributed by atoms with E-state index in [4.69, 9.17) is 4.18 Å². The van der Waals surface area contributed by atoms with Gasteiger partial charge in [-0.05, 0) is 119 Å². The van der Waals surface area contributed by atoms with Crippen LogP contribution < -0.4 is 5.32 Å². The van der Waals surface area contributed by atoms with Gasteiger partial charge in [0.2, 0.25) is 5.91 Å². The Morgan fingerprint density at radius 1 is 1.20 bits per heavy atom. The minimum absolute atomic E-state index is 0.00925. The molecule has 0 aromatic carbocycles. The van der Waals surface area contributed by atoms with Crippen molar-refractivity contribution in [3.63, 3.8) is 0 Å². The Balaban J connectivity index is 1.34. The molecule has 5 rings (SSSR count). The molecule has 1 aromatic heterocycles. The third kappa shape index (κ3) is 5.73. The molecule has 7 nitrogen and oxygen atoms in total. The van der Waals surface area contributed by atoms with Crippen molar-refractivity contribution in [3.05, 3.63) is 20.8 Å². The zero-order valence-electron chi connectivity index (χ0n) is 24.0. The van der Waals surface area contributed by atoms with Crippen LogP contribution in [0.1, 0.15) is 103 Å². The predicted molar refractivity (Wildman–Crippen MR) is 159 cm³/mol. The third-order valence-electron chi connectivity index (χ3n) is 11.7. The highest BCUT2D eigenvalue weighted by atomic mass is 79.9. The fraction of sp³-hybridized carbons (Fsp3) is 0.800. The topological polar surface area (TPSA) is 110 Å². The lowest BCUT2D eigenvalue weighted by Crippen LogP contribution is -2.59. The van der Waals surface area contributed by atoms with E-state index in [1.165, 1.54) is 0 Å².